The van der Waals surface area contributed by atoms with Crippen LogP contribution in [-0.2, 0) is 17.6 Å². The highest BCUT2D eigenvalue weighted by Gasteiger charge is 2.29. The van der Waals surface area contributed by atoms with Gasteiger partial charge in [-0.2, -0.15) is 0 Å². The molecule has 1 saturated heterocycles. The van der Waals surface area contributed by atoms with Crippen LogP contribution in [0.25, 0.3) is 0 Å². The maximum atomic E-state index is 12.7. The Hall–Kier alpha value is -1.53. The number of aryl methyl sites for hydroxylation is 2. The highest BCUT2D eigenvalue weighted by Crippen LogP contribution is 2.16. The molecule has 1 N–H and O–H groups in total. The minimum Gasteiger partial charge on any atom is -0.379 e. The van der Waals surface area contributed by atoms with Gasteiger partial charge in [0.2, 0.25) is 0 Å². The Morgan fingerprint density at radius 1 is 1.22 bits per heavy atom. The van der Waals surface area contributed by atoms with Crippen LogP contribution in [0.5, 0.6) is 0 Å². The lowest BCUT2D eigenvalue weighted by molar-refractivity contribution is -0.00924. The molecule has 1 aromatic rings. The van der Waals surface area contributed by atoms with Crippen LogP contribution in [0.3, 0.4) is 0 Å². The van der Waals surface area contributed by atoms with E-state index in [2.05, 4.69) is 34.0 Å². The summed E-state index contributed by atoms with van der Waals surface area (Å²) in [4.78, 5) is 23.6. The van der Waals surface area contributed by atoms with Crippen LogP contribution < -0.4 is 5.32 Å². The molecule has 0 bridgehead atoms. The van der Waals surface area contributed by atoms with Gasteiger partial charge in [-0.1, -0.05) is 13.8 Å². The maximum Gasteiger partial charge on any atom is 0.255 e. The number of nitrogens with zero attached hydrogens (tertiary/aromatic N) is 3. The second-order valence-corrected chi connectivity index (χ2v) is 6.44. The lowest BCUT2D eigenvalue weighted by Gasteiger charge is -2.40. The molecule has 0 unspecified atom stereocenters. The molecule has 1 aromatic heterocycles. The zero-order valence-corrected chi connectivity index (χ0v) is 14.7. The Bertz CT molecular complexity index is 517. The molecule has 128 valence electrons. The van der Waals surface area contributed by atoms with Crippen LogP contribution in [0, 0.1) is 0 Å². The van der Waals surface area contributed by atoms with E-state index in [0.717, 1.165) is 50.5 Å². The van der Waals surface area contributed by atoms with Crippen LogP contribution in [0.1, 0.15) is 49.4 Å². The first-order chi connectivity index (χ1) is 11.0. The quantitative estimate of drug-likeness (QED) is 0.859. The summed E-state index contributed by atoms with van der Waals surface area (Å²) in [7, 11) is 0. The molecule has 1 aliphatic heterocycles. The Morgan fingerprint density at radius 3 is 2.30 bits per heavy atom. The standard InChI is InChI=1S/C17H28N4O2/c1-5-13-15(14(6-2)20-12-19-13)16(22)18-11-17(3,4)21-7-9-23-10-8-21/h12H,5-11H2,1-4H3,(H,18,22). The van der Waals surface area contributed by atoms with Crippen LogP contribution in [0.2, 0.25) is 0 Å². The second-order valence-electron chi connectivity index (χ2n) is 6.44. The molecule has 0 aliphatic carbocycles. The number of ether oxygens (including phenoxy) is 1. The Kier molecular flexibility index (Phi) is 6.07. The first kappa shape index (κ1) is 17.8. The molecule has 23 heavy (non-hydrogen) atoms. The Balaban J connectivity index is 2.07. The molecule has 1 amide bonds. The van der Waals surface area contributed by atoms with Crippen molar-refractivity contribution in [1.29, 1.82) is 0 Å². The van der Waals surface area contributed by atoms with Crippen LogP contribution in [-0.4, -0.2) is 59.2 Å². The van der Waals surface area contributed by atoms with Gasteiger partial charge in [0.15, 0.2) is 0 Å². The number of amides is 1. The molecule has 6 heteroatoms. The smallest absolute Gasteiger partial charge is 0.255 e. The van der Waals surface area contributed by atoms with Crippen molar-refractivity contribution in [2.24, 2.45) is 0 Å². The van der Waals surface area contributed by atoms with Crippen molar-refractivity contribution in [2.45, 2.75) is 46.1 Å². The molecule has 2 heterocycles. The molecule has 0 aromatic carbocycles. The van der Waals surface area contributed by atoms with E-state index in [1.807, 2.05) is 13.8 Å². The predicted octanol–water partition coefficient (Wildman–Crippen LogP) is 1.44. The van der Waals surface area contributed by atoms with E-state index in [1.54, 1.807) is 6.33 Å². The average Bonchev–Trinajstić information content (AvgIpc) is 2.59. The van der Waals surface area contributed by atoms with E-state index in [0.29, 0.717) is 12.1 Å². The van der Waals surface area contributed by atoms with Gasteiger partial charge in [0.05, 0.1) is 30.2 Å². The summed E-state index contributed by atoms with van der Waals surface area (Å²) in [5, 5.41) is 3.08. The Labute approximate surface area is 138 Å². The summed E-state index contributed by atoms with van der Waals surface area (Å²) in [5.74, 6) is -0.0689. The van der Waals surface area contributed by atoms with E-state index < -0.39 is 0 Å². The van der Waals surface area contributed by atoms with Crippen LogP contribution in [0.15, 0.2) is 6.33 Å². The highest BCUT2D eigenvalue weighted by molar-refractivity contribution is 5.96. The van der Waals surface area contributed by atoms with Gasteiger partial charge in [0, 0.05) is 25.2 Å². The van der Waals surface area contributed by atoms with Crippen molar-refractivity contribution in [1.82, 2.24) is 20.2 Å². The number of carbonyl (C=O) groups excluding carboxylic acids is 1. The molecule has 1 fully saturated rings. The third-order valence-corrected chi connectivity index (χ3v) is 4.45. The van der Waals surface area contributed by atoms with Gasteiger partial charge in [-0.25, -0.2) is 9.97 Å². The first-order valence-corrected chi connectivity index (χ1v) is 8.43. The van der Waals surface area contributed by atoms with Crippen molar-refractivity contribution in [3.05, 3.63) is 23.3 Å². The highest BCUT2D eigenvalue weighted by atomic mass is 16.5. The summed E-state index contributed by atoms with van der Waals surface area (Å²) < 4.78 is 5.40. The third-order valence-electron chi connectivity index (χ3n) is 4.45. The van der Waals surface area contributed by atoms with Crippen molar-refractivity contribution < 1.29 is 9.53 Å². The molecular weight excluding hydrogens is 292 g/mol. The number of hydrogen-bond acceptors (Lipinski definition) is 5. The fraction of sp³-hybridized carbons (Fsp3) is 0.706. The van der Waals surface area contributed by atoms with E-state index in [-0.39, 0.29) is 11.4 Å². The van der Waals surface area contributed by atoms with E-state index in [4.69, 9.17) is 4.74 Å². The normalized spacial score (nSPS) is 16.3. The van der Waals surface area contributed by atoms with Crippen molar-refractivity contribution >= 4 is 5.91 Å². The third kappa shape index (κ3) is 4.26. The van der Waals surface area contributed by atoms with Crippen molar-refractivity contribution in [2.75, 3.05) is 32.8 Å². The SMILES string of the molecule is CCc1ncnc(CC)c1C(=O)NCC(C)(C)N1CCOCC1. The maximum absolute atomic E-state index is 12.7. The lowest BCUT2D eigenvalue weighted by atomic mass is 10.0. The van der Waals surface area contributed by atoms with E-state index >= 15 is 0 Å². The largest absolute Gasteiger partial charge is 0.379 e. The van der Waals surface area contributed by atoms with Crippen LogP contribution in [0.4, 0.5) is 0 Å². The second kappa shape index (κ2) is 7.84. The zero-order valence-electron chi connectivity index (χ0n) is 14.7. The molecule has 2 rings (SSSR count). The molecular formula is C17H28N4O2. The van der Waals surface area contributed by atoms with Gasteiger partial charge in [0.1, 0.15) is 6.33 Å². The summed E-state index contributed by atoms with van der Waals surface area (Å²) in [6, 6.07) is 0. The minimum atomic E-state index is -0.103. The van der Waals surface area contributed by atoms with Crippen molar-refractivity contribution in [3.8, 4) is 0 Å². The molecule has 6 nitrogen and oxygen atoms in total. The van der Waals surface area contributed by atoms with Crippen molar-refractivity contribution in [3.63, 3.8) is 0 Å². The summed E-state index contributed by atoms with van der Waals surface area (Å²) in [6.45, 7) is 12.2. The average molecular weight is 320 g/mol. The fourth-order valence-electron chi connectivity index (χ4n) is 2.93. The number of aromatic nitrogens is 2. The molecule has 1 aliphatic rings. The number of hydrogen-bond donors (Lipinski definition) is 1. The summed E-state index contributed by atoms with van der Waals surface area (Å²) >= 11 is 0. The summed E-state index contributed by atoms with van der Waals surface area (Å²) in [5.41, 5.74) is 2.18. The van der Waals surface area contributed by atoms with Gasteiger partial charge in [-0.15, -0.1) is 0 Å². The van der Waals surface area contributed by atoms with Crippen LogP contribution >= 0.6 is 0 Å². The predicted molar refractivity (Wildman–Crippen MR) is 89.6 cm³/mol. The van der Waals surface area contributed by atoms with Gasteiger partial charge >= 0.3 is 0 Å². The minimum absolute atomic E-state index is 0.0689. The fourth-order valence-corrected chi connectivity index (χ4v) is 2.93. The number of rotatable bonds is 6. The Morgan fingerprint density at radius 2 is 1.78 bits per heavy atom. The monoisotopic (exact) mass is 320 g/mol. The van der Waals surface area contributed by atoms with E-state index in [1.165, 1.54) is 0 Å². The molecule has 0 spiro atoms. The number of morpholine rings is 1. The first-order valence-electron chi connectivity index (χ1n) is 8.43. The van der Waals surface area contributed by atoms with Gasteiger partial charge in [-0.05, 0) is 26.7 Å². The molecule has 0 radical (unpaired) electrons. The van der Waals surface area contributed by atoms with Gasteiger partial charge < -0.3 is 10.1 Å². The molecule has 0 saturated carbocycles. The zero-order chi connectivity index (χ0) is 16.9. The number of nitrogens with one attached hydrogen (secondary N) is 1. The van der Waals surface area contributed by atoms with E-state index in [9.17, 15) is 4.79 Å². The lowest BCUT2D eigenvalue weighted by Crippen LogP contribution is -2.55. The number of carbonyl (C=O) groups is 1. The molecule has 0 atom stereocenters. The topological polar surface area (TPSA) is 67.4 Å². The summed E-state index contributed by atoms with van der Waals surface area (Å²) in [6.07, 6.45) is 3.00. The van der Waals surface area contributed by atoms with Gasteiger partial charge in [-0.3, -0.25) is 9.69 Å². The van der Waals surface area contributed by atoms with Gasteiger partial charge in [0.25, 0.3) is 5.91 Å².